The van der Waals surface area contributed by atoms with Gasteiger partial charge in [0.05, 0.1) is 10.6 Å². The lowest BCUT2D eigenvalue weighted by atomic mass is 10.2. The molecule has 0 spiro atoms. The summed E-state index contributed by atoms with van der Waals surface area (Å²) in [7, 11) is 0. The van der Waals surface area contributed by atoms with Gasteiger partial charge in [-0.3, -0.25) is 0 Å². The second kappa shape index (κ2) is 5.26. The Morgan fingerprint density at radius 3 is 2.76 bits per heavy atom. The first kappa shape index (κ1) is 12.0. The Morgan fingerprint density at radius 2 is 2.18 bits per heavy atom. The van der Waals surface area contributed by atoms with Gasteiger partial charge >= 0.3 is 0 Å². The molecule has 1 aromatic heterocycles. The highest BCUT2D eigenvalue weighted by Gasteiger charge is 2.04. The molecule has 0 saturated heterocycles. The van der Waals surface area contributed by atoms with Crippen molar-refractivity contribution in [3.8, 4) is 11.8 Å². The van der Waals surface area contributed by atoms with Gasteiger partial charge in [-0.15, -0.1) is 0 Å². The number of halogens is 2. The van der Waals surface area contributed by atoms with E-state index in [1.165, 1.54) is 0 Å². The highest BCUT2D eigenvalue weighted by Crippen LogP contribution is 2.23. The smallest absolute Gasteiger partial charge is 0.169 e. The molecule has 0 aliphatic heterocycles. The van der Waals surface area contributed by atoms with Crippen LogP contribution in [0.25, 0.3) is 0 Å². The van der Waals surface area contributed by atoms with Gasteiger partial charge in [-0.1, -0.05) is 11.6 Å². The average Bonchev–Trinajstić information content (AvgIpc) is 2.73. The number of hydrogen-bond acceptors (Lipinski definition) is 3. The zero-order valence-electron chi connectivity index (χ0n) is 8.61. The van der Waals surface area contributed by atoms with Crippen LogP contribution in [-0.4, -0.2) is 0 Å². The highest BCUT2D eigenvalue weighted by atomic mass is 79.9. The number of nitrogens with zero attached hydrogens (tertiary/aromatic N) is 1. The van der Waals surface area contributed by atoms with E-state index in [1.807, 2.05) is 12.1 Å². The first-order valence-electron chi connectivity index (χ1n) is 4.75. The number of hydrogen-bond donors (Lipinski definition) is 0. The molecule has 86 valence electrons. The van der Waals surface area contributed by atoms with E-state index in [0.717, 1.165) is 0 Å². The minimum absolute atomic E-state index is 0.313. The Balaban J connectivity index is 2.05. The molecule has 0 aliphatic rings. The van der Waals surface area contributed by atoms with E-state index < -0.39 is 0 Å². The molecular formula is C12H7BrClNO2. The lowest BCUT2D eigenvalue weighted by Crippen LogP contribution is -1.93. The van der Waals surface area contributed by atoms with Crippen LogP contribution < -0.4 is 4.74 Å². The molecule has 0 N–H and O–H groups in total. The second-order valence-electron chi connectivity index (χ2n) is 3.25. The Bertz CT molecular complexity index is 574. The summed E-state index contributed by atoms with van der Waals surface area (Å²) in [5, 5.41) is 9.10. The van der Waals surface area contributed by atoms with Gasteiger partial charge in [0.1, 0.15) is 24.2 Å². The van der Waals surface area contributed by atoms with Crippen LogP contribution in [0, 0.1) is 11.3 Å². The first-order chi connectivity index (χ1) is 8.19. The van der Waals surface area contributed by atoms with Gasteiger partial charge in [0, 0.05) is 6.07 Å². The van der Waals surface area contributed by atoms with Crippen LogP contribution in [0.5, 0.6) is 5.75 Å². The zero-order valence-corrected chi connectivity index (χ0v) is 11.0. The van der Waals surface area contributed by atoms with Crippen molar-refractivity contribution in [2.24, 2.45) is 0 Å². The Kier molecular flexibility index (Phi) is 3.72. The van der Waals surface area contributed by atoms with Crippen molar-refractivity contribution < 1.29 is 9.15 Å². The van der Waals surface area contributed by atoms with Crippen molar-refractivity contribution in [3.05, 3.63) is 51.3 Å². The summed E-state index contributed by atoms with van der Waals surface area (Å²) >= 11 is 9.09. The quantitative estimate of drug-likeness (QED) is 0.855. The number of nitriles is 1. The van der Waals surface area contributed by atoms with Crippen molar-refractivity contribution in [2.75, 3.05) is 0 Å². The molecule has 17 heavy (non-hydrogen) atoms. The molecule has 5 heteroatoms. The summed E-state index contributed by atoms with van der Waals surface area (Å²) < 4.78 is 11.4. The van der Waals surface area contributed by atoms with Crippen LogP contribution in [0.2, 0.25) is 5.02 Å². The van der Waals surface area contributed by atoms with Gasteiger partial charge < -0.3 is 9.15 Å². The zero-order chi connectivity index (χ0) is 12.3. The fourth-order valence-electron chi connectivity index (χ4n) is 1.26. The minimum atomic E-state index is 0.313. The molecule has 2 rings (SSSR count). The molecular weight excluding hydrogens is 305 g/mol. The van der Waals surface area contributed by atoms with E-state index in [1.54, 1.807) is 24.3 Å². The van der Waals surface area contributed by atoms with E-state index in [9.17, 15) is 0 Å². The van der Waals surface area contributed by atoms with Crippen LogP contribution >= 0.6 is 27.5 Å². The number of rotatable bonds is 3. The third kappa shape index (κ3) is 3.02. The van der Waals surface area contributed by atoms with Crippen molar-refractivity contribution in [2.45, 2.75) is 6.61 Å². The van der Waals surface area contributed by atoms with E-state index in [-0.39, 0.29) is 0 Å². The van der Waals surface area contributed by atoms with Crippen LogP contribution in [-0.2, 0) is 6.61 Å². The minimum Gasteiger partial charge on any atom is -0.486 e. The number of ether oxygens (including phenoxy) is 1. The largest absolute Gasteiger partial charge is 0.486 e. The van der Waals surface area contributed by atoms with Crippen molar-refractivity contribution in [3.63, 3.8) is 0 Å². The van der Waals surface area contributed by atoms with Gasteiger partial charge in [-0.2, -0.15) is 5.26 Å². The summed E-state index contributed by atoms with van der Waals surface area (Å²) in [5.74, 6) is 1.30. The fraction of sp³-hybridized carbons (Fsp3) is 0.0833. The fourth-order valence-corrected chi connectivity index (χ4v) is 1.81. The number of benzene rings is 1. The molecule has 0 fully saturated rings. The van der Waals surface area contributed by atoms with E-state index in [0.29, 0.717) is 33.4 Å². The molecule has 0 atom stereocenters. The van der Waals surface area contributed by atoms with Crippen LogP contribution in [0.4, 0.5) is 0 Å². The number of furan rings is 1. The van der Waals surface area contributed by atoms with E-state index >= 15 is 0 Å². The van der Waals surface area contributed by atoms with Gasteiger partial charge in [0.2, 0.25) is 0 Å². The first-order valence-corrected chi connectivity index (χ1v) is 5.93. The third-order valence-electron chi connectivity index (χ3n) is 2.07. The maximum atomic E-state index is 8.72. The van der Waals surface area contributed by atoms with Gasteiger partial charge in [-0.05, 0) is 40.2 Å². The van der Waals surface area contributed by atoms with E-state index in [4.69, 9.17) is 26.0 Å². The van der Waals surface area contributed by atoms with Gasteiger partial charge in [0.25, 0.3) is 0 Å². The van der Waals surface area contributed by atoms with Crippen LogP contribution in [0.1, 0.15) is 11.3 Å². The summed E-state index contributed by atoms with van der Waals surface area (Å²) in [4.78, 5) is 0. The monoisotopic (exact) mass is 311 g/mol. The average molecular weight is 313 g/mol. The maximum absolute atomic E-state index is 8.72. The molecule has 2 aromatic rings. The van der Waals surface area contributed by atoms with E-state index in [2.05, 4.69) is 15.9 Å². The molecule has 0 amide bonds. The molecule has 3 nitrogen and oxygen atoms in total. The standard InChI is InChI=1S/C12H7BrClNO2/c13-12-4-3-10(17-12)7-16-9-2-1-8(6-15)11(14)5-9/h1-5H,7H2. The summed E-state index contributed by atoms with van der Waals surface area (Å²) in [6, 6.07) is 10.5. The van der Waals surface area contributed by atoms with Crippen LogP contribution in [0.15, 0.2) is 39.4 Å². The predicted molar refractivity (Wildman–Crippen MR) is 66.9 cm³/mol. The molecule has 1 aromatic carbocycles. The van der Waals surface area contributed by atoms with Crippen LogP contribution in [0.3, 0.4) is 0 Å². The Labute approximate surface area is 112 Å². The van der Waals surface area contributed by atoms with Gasteiger partial charge in [-0.25, -0.2) is 0 Å². The SMILES string of the molecule is N#Cc1ccc(OCc2ccc(Br)o2)cc1Cl. The topological polar surface area (TPSA) is 46.2 Å². The highest BCUT2D eigenvalue weighted by molar-refractivity contribution is 9.10. The van der Waals surface area contributed by atoms with Gasteiger partial charge in [0.15, 0.2) is 4.67 Å². The Hall–Kier alpha value is -1.44. The van der Waals surface area contributed by atoms with Crippen molar-refractivity contribution in [1.82, 2.24) is 0 Å². The molecule has 0 radical (unpaired) electrons. The predicted octanol–water partition coefficient (Wildman–Crippen LogP) is 4.15. The van der Waals surface area contributed by atoms with Crippen molar-refractivity contribution in [1.29, 1.82) is 5.26 Å². The third-order valence-corrected chi connectivity index (χ3v) is 2.81. The summed E-state index contributed by atoms with van der Waals surface area (Å²) in [6.07, 6.45) is 0. The molecule has 0 saturated carbocycles. The molecule has 0 bridgehead atoms. The lowest BCUT2D eigenvalue weighted by Gasteiger charge is -2.04. The molecule has 0 aliphatic carbocycles. The maximum Gasteiger partial charge on any atom is 0.169 e. The molecule has 1 heterocycles. The van der Waals surface area contributed by atoms with Crippen molar-refractivity contribution >= 4 is 27.5 Å². The lowest BCUT2D eigenvalue weighted by molar-refractivity contribution is 0.268. The summed E-state index contributed by atoms with van der Waals surface area (Å²) in [6.45, 7) is 0.313. The second-order valence-corrected chi connectivity index (χ2v) is 4.44. The molecule has 0 unspecified atom stereocenters. The Morgan fingerprint density at radius 1 is 1.35 bits per heavy atom. The summed E-state index contributed by atoms with van der Waals surface area (Å²) in [5.41, 5.74) is 0.430. The normalized spacial score (nSPS) is 9.94.